The van der Waals surface area contributed by atoms with Crippen molar-refractivity contribution in [2.75, 3.05) is 19.0 Å². The van der Waals surface area contributed by atoms with Crippen LogP contribution in [0, 0.1) is 0 Å². The van der Waals surface area contributed by atoms with Gasteiger partial charge in [0.2, 0.25) is 0 Å². The van der Waals surface area contributed by atoms with Crippen LogP contribution in [0.5, 0.6) is 11.5 Å². The van der Waals surface area contributed by atoms with Gasteiger partial charge >= 0.3 is 0 Å². The summed E-state index contributed by atoms with van der Waals surface area (Å²) in [6.07, 6.45) is 4.21. The fourth-order valence-electron chi connectivity index (χ4n) is 2.72. The lowest BCUT2D eigenvalue weighted by Gasteiger charge is -2.11. The molecule has 0 aliphatic rings. The number of ether oxygens (including phenoxy) is 2. The number of carbonyl (C=O) groups excluding carboxylic acids is 2. The number of methoxy groups -OCH3 is 1. The number of thiophene rings is 1. The van der Waals surface area contributed by atoms with Crippen LogP contribution in [-0.2, 0) is 11.2 Å². The highest BCUT2D eigenvalue weighted by Crippen LogP contribution is 2.29. The quantitative estimate of drug-likeness (QED) is 0.379. The highest BCUT2D eigenvalue weighted by molar-refractivity contribution is 7.14. The number of benzene rings is 2. The van der Waals surface area contributed by atoms with Crippen LogP contribution in [0.1, 0.15) is 27.0 Å². The smallest absolute Gasteiger partial charge is 0.262 e. The number of aryl methyl sites for hydroxylation is 1. The van der Waals surface area contributed by atoms with E-state index in [0.717, 1.165) is 16.9 Å². The average molecular weight is 422 g/mol. The minimum absolute atomic E-state index is 0.0309. The molecular formula is C24H23NO4S. The lowest BCUT2D eigenvalue weighted by Crippen LogP contribution is -2.20. The Hall–Kier alpha value is -3.38. The highest BCUT2D eigenvalue weighted by atomic mass is 32.1. The van der Waals surface area contributed by atoms with Crippen molar-refractivity contribution in [1.82, 2.24) is 0 Å². The average Bonchev–Trinajstić information content (AvgIpc) is 3.26. The molecule has 2 aromatic carbocycles. The minimum atomic E-state index is -0.264. The molecule has 30 heavy (non-hydrogen) atoms. The van der Waals surface area contributed by atoms with E-state index in [0.29, 0.717) is 17.2 Å². The van der Waals surface area contributed by atoms with E-state index in [-0.39, 0.29) is 18.3 Å². The topological polar surface area (TPSA) is 64.6 Å². The SMILES string of the molecule is CCc1ccc(C(=O)/C=C/c2ccc(OCC(=O)Nc3ccccc3)c(OC)c2)s1. The first kappa shape index (κ1) is 21.3. The molecule has 1 N–H and O–H groups in total. The Kier molecular flexibility index (Phi) is 7.40. The van der Waals surface area contributed by atoms with Gasteiger partial charge in [0.1, 0.15) is 0 Å². The molecule has 0 spiro atoms. The summed E-state index contributed by atoms with van der Waals surface area (Å²) in [4.78, 5) is 26.3. The van der Waals surface area contributed by atoms with Crippen molar-refractivity contribution in [3.63, 3.8) is 0 Å². The maximum absolute atomic E-state index is 12.3. The molecule has 0 radical (unpaired) electrons. The third kappa shape index (κ3) is 5.81. The molecule has 1 heterocycles. The van der Waals surface area contributed by atoms with Crippen LogP contribution in [0.3, 0.4) is 0 Å². The van der Waals surface area contributed by atoms with Gasteiger partial charge in [0.25, 0.3) is 5.91 Å². The molecule has 0 bridgehead atoms. The fraction of sp³-hybridized carbons (Fsp3) is 0.167. The lowest BCUT2D eigenvalue weighted by atomic mass is 10.1. The number of hydrogen-bond acceptors (Lipinski definition) is 5. The van der Waals surface area contributed by atoms with Crippen molar-refractivity contribution in [2.45, 2.75) is 13.3 Å². The van der Waals surface area contributed by atoms with Gasteiger partial charge in [-0.1, -0.05) is 37.3 Å². The molecule has 0 saturated heterocycles. The van der Waals surface area contributed by atoms with Gasteiger partial charge < -0.3 is 14.8 Å². The van der Waals surface area contributed by atoms with E-state index < -0.39 is 0 Å². The number of nitrogens with one attached hydrogen (secondary N) is 1. The van der Waals surface area contributed by atoms with Crippen LogP contribution in [-0.4, -0.2) is 25.4 Å². The van der Waals surface area contributed by atoms with Gasteiger partial charge in [0.15, 0.2) is 23.9 Å². The fourth-order valence-corrected chi connectivity index (χ4v) is 3.59. The van der Waals surface area contributed by atoms with Gasteiger partial charge in [0.05, 0.1) is 12.0 Å². The zero-order valence-corrected chi connectivity index (χ0v) is 17.7. The molecule has 3 aromatic rings. The summed E-state index contributed by atoms with van der Waals surface area (Å²) in [7, 11) is 1.53. The summed E-state index contributed by atoms with van der Waals surface area (Å²) >= 11 is 1.51. The van der Waals surface area contributed by atoms with E-state index in [4.69, 9.17) is 9.47 Å². The first-order valence-electron chi connectivity index (χ1n) is 9.56. The molecule has 0 aliphatic carbocycles. The van der Waals surface area contributed by atoms with Gasteiger partial charge in [-0.2, -0.15) is 0 Å². The molecule has 0 atom stereocenters. The Bertz CT molecular complexity index is 1040. The van der Waals surface area contributed by atoms with Crippen LogP contribution in [0.15, 0.2) is 66.7 Å². The van der Waals surface area contributed by atoms with Crippen molar-refractivity contribution < 1.29 is 19.1 Å². The largest absolute Gasteiger partial charge is 0.493 e. The van der Waals surface area contributed by atoms with Gasteiger partial charge in [-0.3, -0.25) is 9.59 Å². The number of rotatable bonds is 9. The molecule has 3 rings (SSSR count). The van der Waals surface area contributed by atoms with E-state index in [9.17, 15) is 9.59 Å². The molecule has 0 fully saturated rings. The molecule has 5 nitrogen and oxygen atoms in total. The summed E-state index contributed by atoms with van der Waals surface area (Å²) in [6.45, 7) is 1.92. The zero-order valence-electron chi connectivity index (χ0n) is 16.9. The van der Waals surface area contributed by atoms with E-state index in [1.807, 2.05) is 36.4 Å². The Morgan fingerprint density at radius 1 is 1.03 bits per heavy atom. The van der Waals surface area contributed by atoms with E-state index in [1.54, 1.807) is 36.4 Å². The van der Waals surface area contributed by atoms with Crippen molar-refractivity contribution in [3.8, 4) is 11.5 Å². The summed E-state index contributed by atoms with van der Waals surface area (Å²) in [5.74, 6) is 0.647. The number of para-hydroxylation sites is 1. The molecular weight excluding hydrogens is 398 g/mol. The normalized spacial score (nSPS) is 10.7. The zero-order chi connectivity index (χ0) is 21.3. The van der Waals surface area contributed by atoms with Crippen LogP contribution in [0.25, 0.3) is 6.08 Å². The first-order valence-corrected chi connectivity index (χ1v) is 10.4. The summed E-state index contributed by atoms with van der Waals surface area (Å²) in [6, 6.07) is 18.3. The number of carbonyl (C=O) groups is 2. The summed E-state index contributed by atoms with van der Waals surface area (Å²) in [5, 5.41) is 2.76. The third-order valence-electron chi connectivity index (χ3n) is 4.28. The second kappa shape index (κ2) is 10.4. The molecule has 0 saturated carbocycles. The number of ketones is 1. The van der Waals surface area contributed by atoms with E-state index >= 15 is 0 Å². The maximum atomic E-state index is 12.3. The van der Waals surface area contributed by atoms with Crippen LogP contribution in [0.2, 0.25) is 0 Å². The number of allylic oxidation sites excluding steroid dienone is 1. The Morgan fingerprint density at radius 2 is 1.83 bits per heavy atom. The first-order chi connectivity index (χ1) is 14.6. The van der Waals surface area contributed by atoms with Crippen LogP contribution >= 0.6 is 11.3 Å². The van der Waals surface area contributed by atoms with Crippen molar-refractivity contribution in [1.29, 1.82) is 0 Å². The number of amides is 1. The summed E-state index contributed by atoms with van der Waals surface area (Å²) in [5.41, 5.74) is 1.51. The lowest BCUT2D eigenvalue weighted by molar-refractivity contribution is -0.118. The predicted molar refractivity (Wildman–Crippen MR) is 121 cm³/mol. The van der Waals surface area contributed by atoms with Gasteiger partial charge in [-0.15, -0.1) is 11.3 Å². The second-order valence-electron chi connectivity index (χ2n) is 6.43. The van der Waals surface area contributed by atoms with Crippen molar-refractivity contribution in [3.05, 3.63) is 82.1 Å². The molecule has 0 unspecified atom stereocenters. The number of hydrogen-bond donors (Lipinski definition) is 1. The number of anilines is 1. The Balaban J connectivity index is 1.61. The minimum Gasteiger partial charge on any atom is -0.493 e. The standard InChI is InChI=1S/C24H23NO4S/c1-3-19-11-14-23(30-19)20(26)12-9-17-10-13-21(22(15-17)28-2)29-16-24(27)25-18-7-5-4-6-8-18/h4-15H,3,16H2,1-2H3,(H,25,27)/b12-9+. The van der Waals surface area contributed by atoms with Crippen molar-refractivity contribution in [2.24, 2.45) is 0 Å². The van der Waals surface area contributed by atoms with Crippen molar-refractivity contribution >= 4 is 34.8 Å². The Morgan fingerprint density at radius 3 is 2.53 bits per heavy atom. The molecule has 154 valence electrons. The second-order valence-corrected chi connectivity index (χ2v) is 7.60. The molecule has 0 aliphatic heterocycles. The molecule has 1 amide bonds. The third-order valence-corrected chi connectivity index (χ3v) is 5.53. The maximum Gasteiger partial charge on any atom is 0.262 e. The highest BCUT2D eigenvalue weighted by Gasteiger charge is 2.09. The predicted octanol–water partition coefficient (Wildman–Crippen LogP) is 5.23. The van der Waals surface area contributed by atoms with Crippen LogP contribution < -0.4 is 14.8 Å². The van der Waals surface area contributed by atoms with Crippen LogP contribution in [0.4, 0.5) is 5.69 Å². The van der Waals surface area contributed by atoms with E-state index in [2.05, 4.69) is 12.2 Å². The van der Waals surface area contributed by atoms with Gasteiger partial charge in [-0.25, -0.2) is 0 Å². The molecule has 1 aromatic heterocycles. The van der Waals surface area contributed by atoms with Gasteiger partial charge in [-0.05, 0) is 54.5 Å². The Labute approximate surface area is 180 Å². The monoisotopic (exact) mass is 421 g/mol. The van der Waals surface area contributed by atoms with E-state index in [1.165, 1.54) is 23.3 Å². The van der Waals surface area contributed by atoms with Gasteiger partial charge in [0, 0.05) is 10.6 Å². The summed E-state index contributed by atoms with van der Waals surface area (Å²) < 4.78 is 11.0. The molecule has 6 heteroatoms.